The lowest BCUT2D eigenvalue weighted by Gasteiger charge is -2.35. The first-order valence-electron chi connectivity index (χ1n) is 3.96. The monoisotopic (exact) mass is 188 g/mol. The van der Waals surface area contributed by atoms with Crippen molar-refractivity contribution in [3.8, 4) is 0 Å². The van der Waals surface area contributed by atoms with Crippen molar-refractivity contribution in [2.45, 2.75) is 18.4 Å². The summed E-state index contributed by atoms with van der Waals surface area (Å²) in [4.78, 5) is 22.3. The first-order chi connectivity index (χ1) is 5.96. The summed E-state index contributed by atoms with van der Waals surface area (Å²) in [5.74, 6) is -1.14. The summed E-state index contributed by atoms with van der Waals surface area (Å²) in [5, 5.41) is 17.4. The third-order valence-corrected chi connectivity index (χ3v) is 2.22. The minimum absolute atomic E-state index is 0.127. The van der Waals surface area contributed by atoms with E-state index < -0.39 is 17.6 Å². The molecule has 74 valence electrons. The van der Waals surface area contributed by atoms with Gasteiger partial charge in [0.25, 0.3) is 0 Å². The van der Waals surface area contributed by atoms with E-state index in [2.05, 4.69) is 0 Å². The van der Waals surface area contributed by atoms with Gasteiger partial charge in [0, 0.05) is 6.54 Å². The SMILES string of the molecule is N[C@]1(C(=O)O)CCCN(C(=O)O)C1. The minimum Gasteiger partial charge on any atom is -0.480 e. The molecule has 6 heteroatoms. The van der Waals surface area contributed by atoms with Gasteiger partial charge in [-0.05, 0) is 12.8 Å². The summed E-state index contributed by atoms with van der Waals surface area (Å²) in [5.41, 5.74) is 4.12. The summed E-state index contributed by atoms with van der Waals surface area (Å²) in [6, 6.07) is 0. The molecule has 0 unspecified atom stereocenters. The largest absolute Gasteiger partial charge is 0.480 e. The molecule has 1 atom stereocenters. The average molecular weight is 188 g/mol. The fourth-order valence-corrected chi connectivity index (χ4v) is 1.42. The van der Waals surface area contributed by atoms with Gasteiger partial charge in [0.15, 0.2) is 0 Å². The van der Waals surface area contributed by atoms with Crippen LogP contribution in [0.4, 0.5) is 4.79 Å². The third kappa shape index (κ3) is 1.89. The number of carboxylic acids is 1. The molecule has 0 radical (unpaired) electrons. The molecule has 4 N–H and O–H groups in total. The maximum absolute atomic E-state index is 10.7. The van der Waals surface area contributed by atoms with E-state index in [-0.39, 0.29) is 6.54 Å². The van der Waals surface area contributed by atoms with E-state index in [9.17, 15) is 9.59 Å². The molecular formula is C7H12N2O4. The maximum Gasteiger partial charge on any atom is 0.407 e. The van der Waals surface area contributed by atoms with E-state index in [1.54, 1.807) is 0 Å². The van der Waals surface area contributed by atoms with Crippen molar-refractivity contribution in [1.29, 1.82) is 0 Å². The predicted molar refractivity (Wildman–Crippen MR) is 43.4 cm³/mol. The van der Waals surface area contributed by atoms with Crippen LogP contribution in [-0.2, 0) is 4.79 Å². The van der Waals surface area contributed by atoms with Crippen LogP contribution in [0.15, 0.2) is 0 Å². The van der Waals surface area contributed by atoms with Crippen LogP contribution >= 0.6 is 0 Å². The first kappa shape index (κ1) is 9.79. The normalized spacial score (nSPS) is 28.5. The zero-order valence-electron chi connectivity index (χ0n) is 7.06. The molecule has 0 aromatic carbocycles. The average Bonchev–Trinajstić information content (AvgIpc) is 2.04. The molecule has 0 aromatic rings. The lowest BCUT2D eigenvalue weighted by atomic mass is 9.90. The molecule has 1 saturated heterocycles. The highest BCUT2D eigenvalue weighted by atomic mass is 16.4. The molecule has 1 fully saturated rings. The number of nitrogens with two attached hydrogens (primary N) is 1. The van der Waals surface area contributed by atoms with E-state index in [0.29, 0.717) is 19.4 Å². The molecule has 1 rings (SSSR count). The Kier molecular flexibility index (Phi) is 2.42. The number of likely N-dealkylation sites (tertiary alicyclic amines) is 1. The second-order valence-electron chi connectivity index (χ2n) is 3.27. The number of carboxylic acid groups (broad SMARTS) is 2. The summed E-state index contributed by atoms with van der Waals surface area (Å²) in [6.45, 7) is 0.235. The third-order valence-electron chi connectivity index (χ3n) is 2.22. The predicted octanol–water partition coefficient (Wildman–Crippen LogP) is -0.458. The Bertz CT molecular complexity index is 243. The van der Waals surface area contributed by atoms with E-state index in [0.717, 1.165) is 4.90 Å². The number of rotatable bonds is 1. The number of amides is 1. The van der Waals surface area contributed by atoms with Crippen LogP contribution in [-0.4, -0.2) is 45.8 Å². The number of hydrogen-bond acceptors (Lipinski definition) is 3. The molecule has 6 nitrogen and oxygen atoms in total. The molecule has 1 aliphatic rings. The van der Waals surface area contributed by atoms with E-state index in [4.69, 9.17) is 15.9 Å². The molecule has 13 heavy (non-hydrogen) atoms. The molecule has 0 aromatic heterocycles. The summed E-state index contributed by atoms with van der Waals surface area (Å²) in [6.07, 6.45) is -0.294. The van der Waals surface area contributed by atoms with Gasteiger partial charge in [-0.15, -0.1) is 0 Å². The minimum atomic E-state index is -1.41. The lowest BCUT2D eigenvalue weighted by Crippen LogP contribution is -2.60. The van der Waals surface area contributed by atoms with Gasteiger partial charge in [0.1, 0.15) is 5.54 Å². The van der Waals surface area contributed by atoms with Gasteiger partial charge in [-0.3, -0.25) is 4.79 Å². The van der Waals surface area contributed by atoms with Gasteiger partial charge in [-0.25, -0.2) is 4.79 Å². The van der Waals surface area contributed by atoms with Crippen molar-refractivity contribution in [2.75, 3.05) is 13.1 Å². The molecule has 0 spiro atoms. The van der Waals surface area contributed by atoms with Gasteiger partial charge in [0.2, 0.25) is 0 Å². The summed E-state index contributed by atoms with van der Waals surface area (Å²) >= 11 is 0. The highest BCUT2D eigenvalue weighted by Crippen LogP contribution is 2.18. The molecule has 1 amide bonds. The van der Waals surface area contributed by atoms with E-state index >= 15 is 0 Å². The zero-order valence-corrected chi connectivity index (χ0v) is 7.06. The maximum atomic E-state index is 10.7. The van der Waals surface area contributed by atoms with Crippen molar-refractivity contribution in [1.82, 2.24) is 4.90 Å². The molecule has 1 aliphatic heterocycles. The number of carbonyl (C=O) groups is 2. The summed E-state index contributed by atoms with van der Waals surface area (Å²) < 4.78 is 0. The number of nitrogens with zero attached hydrogens (tertiary/aromatic N) is 1. The van der Waals surface area contributed by atoms with Gasteiger partial charge in [-0.2, -0.15) is 0 Å². The highest BCUT2D eigenvalue weighted by Gasteiger charge is 2.40. The Labute approximate surface area is 74.9 Å². The molecular weight excluding hydrogens is 176 g/mol. The van der Waals surface area contributed by atoms with Gasteiger partial charge >= 0.3 is 12.1 Å². The van der Waals surface area contributed by atoms with E-state index in [1.807, 2.05) is 0 Å². The van der Waals surface area contributed by atoms with Gasteiger partial charge in [0.05, 0.1) is 6.54 Å². The van der Waals surface area contributed by atoms with Crippen LogP contribution in [0.25, 0.3) is 0 Å². The topological polar surface area (TPSA) is 104 Å². The smallest absolute Gasteiger partial charge is 0.407 e. The van der Waals surface area contributed by atoms with Crippen molar-refractivity contribution < 1.29 is 19.8 Å². The zero-order chi connectivity index (χ0) is 10.1. The summed E-state index contributed by atoms with van der Waals surface area (Å²) in [7, 11) is 0. The van der Waals surface area contributed by atoms with Crippen LogP contribution in [0.5, 0.6) is 0 Å². The second kappa shape index (κ2) is 3.21. The van der Waals surface area contributed by atoms with Crippen LogP contribution in [0.2, 0.25) is 0 Å². The molecule has 0 saturated carbocycles. The van der Waals surface area contributed by atoms with E-state index in [1.165, 1.54) is 0 Å². The Morgan fingerprint density at radius 1 is 1.38 bits per heavy atom. The Balaban J connectivity index is 2.71. The fraction of sp³-hybridized carbons (Fsp3) is 0.714. The van der Waals surface area contributed by atoms with Crippen LogP contribution in [0, 0.1) is 0 Å². The molecule has 0 aliphatic carbocycles. The van der Waals surface area contributed by atoms with Crippen LogP contribution < -0.4 is 5.73 Å². The molecule has 0 bridgehead atoms. The highest BCUT2D eigenvalue weighted by molar-refractivity contribution is 5.80. The first-order valence-corrected chi connectivity index (χ1v) is 3.96. The van der Waals surface area contributed by atoms with Crippen molar-refractivity contribution in [2.24, 2.45) is 5.73 Å². The van der Waals surface area contributed by atoms with Crippen molar-refractivity contribution in [3.63, 3.8) is 0 Å². The van der Waals surface area contributed by atoms with Gasteiger partial charge in [-0.1, -0.05) is 0 Å². The standard InChI is InChI=1S/C7H12N2O4/c8-7(5(10)11)2-1-3-9(4-7)6(12)13/h1-4,8H2,(H,10,11)(H,12,13)/t7-/m1/s1. The van der Waals surface area contributed by atoms with Gasteiger partial charge < -0.3 is 20.8 Å². The Hall–Kier alpha value is -1.30. The van der Waals surface area contributed by atoms with Crippen molar-refractivity contribution in [3.05, 3.63) is 0 Å². The Morgan fingerprint density at radius 2 is 2.00 bits per heavy atom. The number of piperidine rings is 1. The van der Waals surface area contributed by atoms with Crippen molar-refractivity contribution >= 4 is 12.1 Å². The number of hydrogen-bond donors (Lipinski definition) is 3. The molecule has 1 heterocycles. The number of aliphatic carboxylic acids is 1. The Morgan fingerprint density at radius 3 is 2.46 bits per heavy atom. The van der Waals surface area contributed by atoms with Crippen LogP contribution in [0.3, 0.4) is 0 Å². The second-order valence-corrected chi connectivity index (χ2v) is 3.27. The lowest BCUT2D eigenvalue weighted by molar-refractivity contribution is -0.145. The quantitative estimate of drug-likeness (QED) is 0.516. The van der Waals surface area contributed by atoms with Crippen LogP contribution in [0.1, 0.15) is 12.8 Å². The fourth-order valence-electron chi connectivity index (χ4n) is 1.42.